The van der Waals surface area contributed by atoms with Crippen LogP contribution in [0.15, 0.2) is 16.6 Å². The summed E-state index contributed by atoms with van der Waals surface area (Å²) in [6.45, 7) is 10.5. The predicted octanol–water partition coefficient (Wildman–Crippen LogP) is 1.98. The summed E-state index contributed by atoms with van der Waals surface area (Å²) in [5.41, 5.74) is 0.872. The minimum atomic E-state index is 0.191. The molecule has 0 aliphatic carbocycles. The van der Waals surface area contributed by atoms with E-state index in [1.807, 2.05) is 29.7 Å². The molecule has 0 bridgehead atoms. The molecular formula is C14H23N3OS. The number of thioether (sulfide) groups is 1. The van der Waals surface area contributed by atoms with E-state index in [-0.39, 0.29) is 5.91 Å². The number of nitrogens with zero attached hydrogens (tertiary/aromatic N) is 3. The molecule has 0 aromatic heterocycles. The normalized spacial score (nSPS) is 24.7. The zero-order valence-corrected chi connectivity index (χ0v) is 12.9. The molecule has 0 radical (unpaired) electrons. The summed E-state index contributed by atoms with van der Waals surface area (Å²) in [6.07, 6.45) is 2.93. The fraction of sp³-hybridized carbons (Fsp3) is 0.714. The highest BCUT2D eigenvalue weighted by Crippen LogP contribution is 2.23. The summed E-state index contributed by atoms with van der Waals surface area (Å²) in [7, 11) is 0. The molecule has 2 rings (SSSR count). The Bertz CT molecular complexity index is 397. The molecule has 19 heavy (non-hydrogen) atoms. The van der Waals surface area contributed by atoms with Gasteiger partial charge in [0.15, 0.2) is 5.17 Å². The first-order valence-electron chi connectivity index (χ1n) is 7.04. The van der Waals surface area contributed by atoms with Crippen LogP contribution in [0.1, 0.15) is 27.2 Å². The van der Waals surface area contributed by atoms with Gasteiger partial charge in [0.25, 0.3) is 0 Å². The summed E-state index contributed by atoms with van der Waals surface area (Å²) in [4.78, 5) is 21.0. The van der Waals surface area contributed by atoms with Crippen LogP contribution in [-0.4, -0.2) is 58.8 Å². The van der Waals surface area contributed by atoms with Crippen molar-refractivity contribution in [1.29, 1.82) is 0 Å². The third-order valence-corrected chi connectivity index (χ3v) is 4.62. The van der Waals surface area contributed by atoms with Crippen LogP contribution in [-0.2, 0) is 4.79 Å². The molecular weight excluding hydrogens is 258 g/mol. The molecule has 4 nitrogen and oxygen atoms in total. The summed E-state index contributed by atoms with van der Waals surface area (Å²) >= 11 is 1.86. The molecule has 1 atom stereocenters. The molecule has 0 saturated carbocycles. The van der Waals surface area contributed by atoms with Crippen LogP contribution in [0.2, 0.25) is 0 Å². The Morgan fingerprint density at radius 3 is 2.63 bits per heavy atom. The average Bonchev–Trinajstić information content (AvgIpc) is 2.85. The third kappa shape index (κ3) is 3.53. The zero-order valence-electron chi connectivity index (χ0n) is 12.1. The number of rotatable bonds is 2. The van der Waals surface area contributed by atoms with Crippen molar-refractivity contribution in [3.63, 3.8) is 0 Å². The molecule has 1 saturated heterocycles. The van der Waals surface area contributed by atoms with Gasteiger partial charge in [0.05, 0.1) is 6.54 Å². The average molecular weight is 281 g/mol. The van der Waals surface area contributed by atoms with Gasteiger partial charge < -0.3 is 9.80 Å². The molecule has 1 fully saturated rings. The predicted molar refractivity (Wildman–Crippen MR) is 81.6 cm³/mol. The summed E-state index contributed by atoms with van der Waals surface area (Å²) in [5.74, 6) is 0.191. The highest BCUT2D eigenvalue weighted by atomic mass is 32.2. The van der Waals surface area contributed by atoms with E-state index in [0.29, 0.717) is 5.25 Å². The van der Waals surface area contributed by atoms with Gasteiger partial charge in [0.2, 0.25) is 5.91 Å². The van der Waals surface area contributed by atoms with Gasteiger partial charge in [-0.3, -0.25) is 9.79 Å². The maximum Gasteiger partial charge on any atom is 0.249 e. The molecule has 5 heteroatoms. The number of hydrogen-bond donors (Lipinski definition) is 0. The number of aliphatic imine (C=N–C) groups is 1. The van der Waals surface area contributed by atoms with Gasteiger partial charge in [-0.1, -0.05) is 31.7 Å². The number of carbonyl (C=O) groups is 1. The van der Waals surface area contributed by atoms with Crippen LogP contribution < -0.4 is 0 Å². The van der Waals surface area contributed by atoms with Crippen molar-refractivity contribution in [2.24, 2.45) is 4.99 Å². The first-order valence-corrected chi connectivity index (χ1v) is 7.92. The van der Waals surface area contributed by atoms with Crippen molar-refractivity contribution in [2.45, 2.75) is 32.4 Å². The molecule has 0 aromatic rings. The standard InChI is InChI=1S/C14H23N3OS/c1-4-5-11(2)13(18)16-6-8-17(9-7-16)14-15-10-12(3)19-14/h5,12H,4,6-10H2,1-3H3/b11-5+/t12-/m0/s1. The number of amides is 1. The maximum absolute atomic E-state index is 12.2. The highest BCUT2D eigenvalue weighted by molar-refractivity contribution is 8.14. The first-order chi connectivity index (χ1) is 9.11. The van der Waals surface area contributed by atoms with E-state index in [1.165, 1.54) is 5.17 Å². The molecule has 0 aromatic carbocycles. The van der Waals surface area contributed by atoms with Crippen molar-refractivity contribution >= 4 is 22.8 Å². The second kappa shape index (κ2) is 6.46. The van der Waals surface area contributed by atoms with Gasteiger partial charge in [-0.25, -0.2) is 0 Å². The van der Waals surface area contributed by atoms with Crippen molar-refractivity contribution in [3.8, 4) is 0 Å². The molecule has 2 aliphatic rings. The van der Waals surface area contributed by atoms with Crippen molar-refractivity contribution in [1.82, 2.24) is 9.80 Å². The summed E-state index contributed by atoms with van der Waals surface area (Å²) in [5, 5.41) is 1.77. The molecule has 2 heterocycles. The number of allylic oxidation sites excluding steroid dienone is 1. The van der Waals surface area contributed by atoms with Crippen molar-refractivity contribution in [3.05, 3.63) is 11.6 Å². The second-order valence-corrected chi connectivity index (χ2v) is 6.53. The van der Waals surface area contributed by atoms with E-state index in [9.17, 15) is 4.79 Å². The fourth-order valence-corrected chi connectivity index (χ4v) is 3.37. The first kappa shape index (κ1) is 14.4. The molecule has 0 unspecified atom stereocenters. The van der Waals surface area contributed by atoms with Gasteiger partial charge in [0, 0.05) is 37.0 Å². The van der Waals surface area contributed by atoms with Gasteiger partial charge >= 0.3 is 0 Å². The largest absolute Gasteiger partial charge is 0.348 e. The van der Waals surface area contributed by atoms with E-state index in [1.54, 1.807) is 0 Å². The quantitative estimate of drug-likeness (QED) is 0.726. The van der Waals surface area contributed by atoms with Crippen LogP contribution in [0.4, 0.5) is 0 Å². The van der Waals surface area contributed by atoms with E-state index in [2.05, 4.69) is 23.7 Å². The number of amidine groups is 1. The lowest BCUT2D eigenvalue weighted by molar-refractivity contribution is -0.128. The van der Waals surface area contributed by atoms with Crippen molar-refractivity contribution in [2.75, 3.05) is 32.7 Å². The topological polar surface area (TPSA) is 35.9 Å². The van der Waals surface area contributed by atoms with Gasteiger partial charge in [-0.05, 0) is 13.3 Å². The van der Waals surface area contributed by atoms with E-state index in [4.69, 9.17) is 0 Å². The zero-order chi connectivity index (χ0) is 13.8. The Labute approximate surface area is 119 Å². The Morgan fingerprint density at radius 2 is 2.11 bits per heavy atom. The van der Waals surface area contributed by atoms with Crippen LogP contribution in [0.25, 0.3) is 0 Å². The lowest BCUT2D eigenvalue weighted by atomic mass is 10.2. The Kier molecular flexibility index (Phi) is 4.91. The van der Waals surface area contributed by atoms with Crippen LogP contribution in [0.5, 0.6) is 0 Å². The third-order valence-electron chi connectivity index (χ3n) is 3.48. The monoisotopic (exact) mass is 281 g/mol. The highest BCUT2D eigenvalue weighted by Gasteiger charge is 2.26. The SMILES string of the molecule is CC/C=C(\C)C(=O)N1CCN(C2=NC[C@H](C)S2)CC1. The Balaban J connectivity index is 1.86. The minimum Gasteiger partial charge on any atom is -0.348 e. The van der Waals surface area contributed by atoms with Crippen LogP contribution >= 0.6 is 11.8 Å². The molecule has 2 aliphatic heterocycles. The Hall–Kier alpha value is -0.970. The smallest absolute Gasteiger partial charge is 0.249 e. The number of hydrogen-bond acceptors (Lipinski definition) is 4. The van der Waals surface area contributed by atoms with Gasteiger partial charge in [-0.2, -0.15) is 0 Å². The Morgan fingerprint density at radius 1 is 1.42 bits per heavy atom. The molecule has 106 valence electrons. The lowest BCUT2D eigenvalue weighted by Gasteiger charge is -2.35. The summed E-state index contributed by atoms with van der Waals surface area (Å²) < 4.78 is 0. The molecule has 0 spiro atoms. The summed E-state index contributed by atoms with van der Waals surface area (Å²) in [6, 6.07) is 0. The maximum atomic E-state index is 12.2. The van der Waals surface area contributed by atoms with Crippen molar-refractivity contribution < 1.29 is 4.79 Å². The molecule has 1 amide bonds. The van der Waals surface area contributed by atoms with E-state index in [0.717, 1.165) is 44.7 Å². The van der Waals surface area contributed by atoms with Crippen LogP contribution in [0, 0.1) is 0 Å². The van der Waals surface area contributed by atoms with Gasteiger partial charge in [-0.15, -0.1) is 0 Å². The van der Waals surface area contributed by atoms with Gasteiger partial charge in [0.1, 0.15) is 0 Å². The second-order valence-electron chi connectivity index (χ2n) is 5.13. The fourth-order valence-electron chi connectivity index (χ4n) is 2.38. The van der Waals surface area contributed by atoms with E-state index >= 15 is 0 Å². The minimum absolute atomic E-state index is 0.191. The number of carbonyl (C=O) groups excluding carboxylic acids is 1. The van der Waals surface area contributed by atoms with E-state index < -0.39 is 0 Å². The molecule has 0 N–H and O–H groups in total. The van der Waals surface area contributed by atoms with Crippen LogP contribution in [0.3, 0.4) is 0 Å². The lowest BCUT2D eigenvalue weighted by Crippen LogP contribution is -2.50. The number of piperazine rings is 1.